The summed E-state index contributed by atoms with van der Waals surface area (Å²) in [5.74, 6) is 0.0130. The van der Waals surface area contributed by atoms with Crippen LogP contribution in [0, 0.1) is 0 Å². The van der Waals surface area contributed by atoms with Gasteiger partial charge >= 0.3 is 0 Å². The Morgan fingerprint density at radius 2 is 1.95 bits per heavy atom. The van der Waals surface area contributed by atoms with Crippen LogP contribution in [0.2, 0.25) is 0 Å². The van der Waals surface area contributed by atoms with E-state index in [1.54, 1.807) is 0 Å². The minimum atomic E-state index is -3.07. The Balaban J connectivity index is 2.17. The van der Waals surface area contributed by atoms with Gasteiger partial charge in [-0.15, -0.1) is 0 Å². The summed E-state index contributed by atoms with van der Waals surface area (Å²) < 4.78 is 24.2. The topological polar surface area (TPSA) is 78.5 Å². The molecule has 112 valence electrons. The Morgan fingerprint density at radius 3 is 2.47 bits per heavy atom. The molecule has 0 aliphatic carbocycles. The van der Waals surface area contributed by atoms with Gasteiger partial charge in [-0.1, -0.05) is 13.3 Å². The molecule has 1 amide bonds. The number of carbonyl (C=O) groups is 1. The van der Waals surface area contributed by atoms with Crippen LogP contribution >= 0.6 is 0 Å². The number of hydrogen-bond donors (Lipinski definition) is 2. The number of nitrogens with zero attached hydrogens (tertiary/aromatic N) is 1. The maximum atomic E-state index is 11.5. The van der Waals surface area contributed by atoms with Crippen molar-refractivity contribution in [1.29, 1.82) is 0 Å². The van der Waals surface area contributed by atoms with Crippen molar-refractivity contribution in [1.82, 2.24) is 14.9 Å². The maximum absolute atomic E-state index is 11.5. The molecule has 1 fully saturated rings. The zero-order valence-corrected chi connectivity index (χ0v) is 12.6. The van der Waals surface area contributed by atoms with Crippen molar-refractivity contribution >= 4 is 15.9 Å². The van der Waals surface area contributed by atoms with Crippen LogP contribution in [0.15, 0.2) is 0 Å². The van der Waals surface area contributed by atoms with Gasteiger partial charge < -0.3 is 10.6 Å². The normalized spacial score (nSPS) is 18.4. The highest BCUT2D eigenvalue weighted by Crippen LogP contribution is 2.12. The lowest BCUT2D eigenvalue weighted by Crippen LogP contribution is -2.47. The van der Waals surface area contributed by atoms with E-state index in [4.69, 9.17) is 0 Å². The van der Waals surface area contributed by atoms with Gasteiger partial charge in [0.25, 0.3) is 0 Å². The van der Waals surface area contributed by atoms with Gasteiger partial charge in [0, 0.05) is 25.7 Å². The molecule has 1 heterocycles. The molecule has 1 aliphatic heterocycles. The summed E-state index contributed by atoms with van der Waals surface area (Å²) >= 11 is 0. The van der Waals surface area contributed by atoms with Gasteiger partial charge in [-0.25, -0.2) is 12.7 Å². The predicted octanol–water partition coefficient (Wildman–Crippen LogP) is -0.0837. The predicted molar refractivity (Wildman–Crippen MR) is 75.4 cm³/mol. The van der Waals surface area contributed by atoms with Crippen LogP contribution in [-0.4, -0.2) is 57.1 Å². The summed E-state index contributed by atoms with van der Waals surface area (Å²) in [4.78, 5) is 11.5. The molecule has 0 saturated carbocycles. The molecule has 0 spiro atoms. The highest BCUT2D eigenvalue weighted by Gasteiger charge is 2.24. The fraction of sp³-hybridized carbons (Fsp3) is 0.917. The SMILES string of the molecule is CCCCNC(=O)CNC1CCN(S(C)(=O)=O)CC1. The van der Waals surface area contributed by atoms with Crippen LogP contribution in [0.4, 0.5) is 0 Å². The Morgan fingerprint density at radius 1 is 1.32 bits per heavy atom. The quantitative estimate of drug-likeness (QED) is 0.643. The molecule has 7 heteroatoms. The minimum absolute atomic E-state index is 0.0130. The van der Waals surface area contributed by atoms with E-state index in [-0.39, 0.29) is 11.9 Å². The van der Waals surface area contributed by atoms with Crippen LogP contribution in [0.25, 0.3) is 0 Å². The molecule has 19 heavy (non-hydrogen) atoms. The van der Waals surface area contributed by atoms with Gasteiger partial charge in [0.15, 0.2) is 0 Å². The Bertz CT molecular complexity index is 376. The van der Waals surface area contributed by atoms with Crippen molar-refractivity contribution in [3.63, 3.8) is 0 Å². The molecule has 1 rings (SSSR count). The summed E-state index contributed by atoms with van der Waals surface area (Å²) in [5, 5.41) is 6.04. The maximum Gasteiger partial charge on any atom is 0.233 e. The first kappa shape index (κ1) is 16.4. The molecule has 1 saturated heterocycles. The Hall–Kier alpha value is -0.660. The second-order valence-electron chi connectivity index (χ2n) is 5.02. The standard InChI is InChI=1S/C12H25N3O3S/c1-3-4-7-13-12(16)10-14-11-5-8-15(9-6-11)19(2,17)18/h11,14H,3-10H2,1-2H3,(H,13,16). The number of rotatable bonds is 7. The highest BCUT2D eigenvalue weighted by molar-refractivity contribution is 7.88. The summed E-state index contributed by atoms with van der Waals surface area (Å²) in [6.07, 6.45) is 4.82. The van der Waals surface area contributed by atoms with Crippen molar-refractivity contribution in [3.05, 3.63) is 0 Å². The van der Waals surface area contributed by atoms with Crippen molar-refractivity contribution in [3.8, 4) is 0 Å². The first-order valence-electron chi connectivity index (χ1n) is 6.88. The Kier molecular flexibility index (Phi) is 6.74. The van der Waals surface area contributed by atoms with Gasteiger partial charge in [-0.3, -0.25) is 4.79 Å². The van der Waals surface area contributed by atoms with E-state index >= 15 is 0 Å². The van der Waals surface area contributed by atoms with Gasteiger partial charge in [0.05, 0.1) is 12.8 Å². The summed E-state index contributed by atoms with van der Waals surface area (Å²) in [6, 6.07) is 0.231. The lowest BCUT2D eigenvalue weighted by molar-refractivity contribution is -0.120. The number of unbranched alkanes of at least 4 members (excludes halogenated alkanes) is 1. The largest absolute Gasteiger partial charge is 0.355 e. The van der Waals surface area contributed by atoms with E-state index in [1.807, 2.05) is 0 Å². The van der Waals surface area contributed by atoms with Crippen molar-refractivity contribution in [2.75, 3.05) is 32.4 Å². The van der Waals surface area contributed by atoms with Gasteiger partial charge in [0.2, 0.25) is 15.9 Å². The van der Waals surface area contributed by atoms with E-state index < -0.39 is 10.0 Å². The lowest BCUT2D eigenvalue weighted by atomic mass is 10.1. The van der Waals surface area contributed by atoms with Crippen molar-refractivity contribution < 1.29 is 13.2 Å². The second-order valence-corrected chi connectivity index (χ2v) is 7.00. The lowest BCUT2D eigenvalue weighted by Gasteiger charge is -2.30. The van der Waals surface area contributed by atoms with Crippen LogP contribution in [0.3, 0.4) is 0 Å². The summed E-state index contributed by atoms with van der Waals surface area (Å²) in [6.45, 7) is 4.19. The highest BCUT2D eigenvalue weighted by atomic mass is 32.2. The van der Waals surface area contributed by atoms with E-state index in [2.05, 4.69) is 17.6 Å². The third-order valence-electron chi connectivity index (χ3n) is 3.33. The number of nitrogens with one attached hydrogen (secondary N) is 2. The van der Waals surface area contributed by atoms with E-state index in [1.165, 1.54) is 10.6 Å². The number of hydrogen-bond acceptors (Lipinski definition) is 4. The van der Waals surface area contributed by atoms with Crippen LogP contribution in [0.5, 0.6) is 0 Å². The summed E-state index contributed by atoms with van der Waals surface area (Å²) in [7, 11) is -3.07. The van der Waals surface area contributed by atoms with E-state index in [0.29, 0.717) is 19.6 Å². The molecular weight excluding hydrogens is 266 g/mol. The van der Waals surface area contributed by atoms with Gasteiger partial charge in [0.1, 0.15) is 0 Å². The number of amides is 1. The smallest absolute Gasteiger partial charge is 0.233 e. The average molecular weight is 291 g/mol. The minimum Gasteiger partial charge on any atom is -0.355 e. The molecular formula is C12H25N3O3S. The molecule has 6 nitrogen and oxygen atoms in total. The molecule has 0 aromatic heterocycles. The Labute approximate surface area is 116 Å². The number of piperidine rings is 1. The summed E-state index contributed by atoms with van der Waals surface area (Å²) in [5.41, 5.74) is 0. The molecule has 0 aromatic rings. The first-order chi connectivity index (χ1) is 8.93. The third kappa shape index (κ3) is 6.35. The van der Waals surface area contributed by atoms with Gasteiger partial charge in [-0.2, -0.15) is 0 Å². The van der Waals surface area contributed by atoms with Crippen LogP contribution < -0.4 is 10.6 Å². The van der Waals surface area contributed by atoms with E-state index in [0.717, 1.165) is 32.2 Å². The molecule has 1 aliphatic rings. The monoisotopic (exact) mass is 291 g/mol. The first-order valence-corrected chi connectivity index (χ1v) is 8.73. The number of carbonyl (C=O) groups excluding carboxylic acids is 1. The van der Waals surface area contributed by atoms with E-state index in [9.17, 15) is 13.2 Å². The van der Waals surface area contributed by atoms with Crippen molar-refractivity contribution in [2.24, 2.45) is 0 Å². The molecule has 0 radical (unpaired) electrons. The molecule has 0 unspecified atom stereocenters. The zero-order valence-electron chi connectivity index (χ0n) is 11.8. The fourth-order valence-electron chi connectivity index (χ4n) is 2.10. The molecule has 0 aromatic carbocycles. The zero-order chi connectivity index (χ0) is 14.3. The molecule has 2 N–H and O–H groups in total. The molecule has 0 atom stereocenters. The molecule has 0 bridgehead atoms. The van der Waals surface area contributed by atoms with Crippen LogP contribution in [0.1, 0.15) is 32.6 Å². The fourth-order valence-corrected chi connectivity index (χ4v) is 2.97. The average Bonchev–Trinajstić information content (AvgIpc) is 2.36. The van der Waals surface area contributed by atoms with Crippen molar-refractivity contribution in [2.45, 2.75) is 38.6 Å². The number of sulfonamides is 1. The second kappa shape index (κ2) is 7.81. The van der Waals surface area contributed by atoms with Crippen LogP contribution in [-0.2, 0) is 14.8 Å². The third-order valence-corrected chi connectivity index (χ3v) is 4.63. The van der Waals surface area contributed by atoms with Gasteiger partial charge in [-0.05, 0) is 19.3 Å².